The van der Waals surface area contributed by atoms with E-state index in [4.69, 9.17) is 9.47 Å². The molecule has 0 aromatic heterocycles. The molecule has 0 aliphatic carbocycles. The third-order valence-electron chi connectivity index (χ3n) is 4.33. The Morgan fingerprint density at radius 1 is 0.769 bits per heavy atom. The van der Waals surface area contributed by atoms with E-state index in [2.05, 4.69) is 41.5 Å². The highest BCUT2D eigenvalue weighted by Crippen LogP contribution is 2.22. The van der Waals surface area contributed by atoms with Gasteiger partial charge in [0.05, 0.1) is 18.6 Å². The van der Waals surface area contributed by atoms with Crippen LogP contribution in [0, 0.1) is 23.2 Å². The van der Waals surface area contributed by atoms with Crippen LogP contribution >= 0.6 is 0 Å². The van der Waals surface area contributed by atoms with Gasteiger partial charge in [0.25, 0.3) is 0 Å². The van der Waals surface area contributed by atoms with Gasteiger partial charge < -0.3 is 9.47 Å². The molecule has 0 spiro atoms. The van der Waals surface area contributed by atoms with Crippen LogP contribution in [0.4, 0.5) is 0 Å². The molecule has 0 N–H and O–H groups in total. The minimum Gasteiger partial charge on any atom is -0.465 e. The zero-order valence-corrected chi connectivity index (χ0v) is 18.6. The summed E-state index contributed by atoms with van der Waals surface area (Å²) in [4.78, 5) is 23.7. The number of ether oxygens (including phenoxy) is 2. The number of hydrogen-bond acceptors (Lipinski definition) is 4. The van der Waals surface area contributed by atoms with Crippen molar-refractivity contribution < 1.29 is 19.1 Å². The molecule has 0 unspecified atom stereocenters. The fourth-order valence-electron chi connectivity index (χ4n) is 2.90. The van der Waals surface area contributed by atoms with E-state index in [1.165, 1.54) is 0 Å². The highest BCUT2D eigenvalue weighted by molar-refractivity contribution is 5.86. The first-order valence-electron chi connectivity index (χ1n) is 10.0. The van der Waals surface area contributed by atoms with Crippen LogP contribution in [0.3, 0.4) is 0 Å². The molecule has 3 atom stereocenters. The highest BCUT2D eigenvalue weighted by atomic mass is 16.5. The number of hydrogen-bond donors (Lipinski definition) is 0. The van der Waals surface area contributed by atoms with E-state index >= 15 is 0 Å². The molecule has 0 rings (SSSR count). The molecule has 154 valence electrons. The SMILES string of the molecule is C[C@H](C[C@H](C)COC(=O)CCC(=O)C(C)(C)C)C[C@@H](C)COC(C)(C)C. The number of ketones is 1. The van der Waals surface area contributed by atoms with Crippen molar-refractivity contribution in [2.75, 3.05) is 13.2 Å². The normalized spacial score (nSPS) is 16.0. The fourth-order valence-corrected chi connectivity index (χ4v) is 2.90. The molecule has 0 aromatic rings. The summed E-state index contributed by atoms with van der Waals surface area (Å²) in [7, 11) is 0. The first-order valence-corrected chi connectivity index (χ1v) is 10.0. The Morgan fingerprint density at radius 2 is 1.27 bits per heavy atom. The van der Waals surface area contributed by atoms with Gasteiger partial charge in [-0.05, 0) is 51.4 Å². The largest absolute Gasteiger partial charge is 0.465 e. The lowest BCUT2D eigenvalue weighted by Gasteiger charge is -2.25. The summed E-state index contributed by atoms with van der Waals surface area (Å²) in [5, 5.41) is 0. The molecule has 0 aliphatic heterocycles. The zero-order valence-electron chi connectivity index (χ0n) is 18.6. The maximum Gasteiger partial charge on any atom is 0.306 e. The lowest BCUT2D eigenvalue weighted by Crippen LogP contribution is -2.24. The van der Waals surface area contributed by atoms with Crippen LogP contribution in [0.15, 0.2) is 0 Å². The van der Waals surface area contributed by atoms with Gasteiger partial charge >= 0.3 is 5.97 Å². The van der Waals surface area contributed by atoms with Crippen molar-refractivity contribution in [3.8, 4) is 0 Å². The Kier molecular flexibility index (Phi) is 10.7. The second-order valence-corrected chi connectivity index (χ2v) is 10.1. The number of esters is 1. The molecule has 0 bridgehead atoms. The van der Waals surface area contributed by atoms with Crippen molar-refractivity contribution in [2.24, 2.45) is 23.2 Å². The Bertz CT molecular complexity index is 428. The second-order valence-electron chi connectivity index (χ2n) is 10.1. The average Bonchev–Trinajstić information content (AvgIpc) is 2.46. The number of carbonyl (C=O) groups excluding carboxylic acids is 2. The van der Waals surface area contributed by atoms with Crippen LogP contribution in [-0.2, 0) is 19.1 Å². The number of Topliss-reactive ketones (excluding diaryl/α,β-unsaturated/α-hetero) is 1. The van der Waals surface area contributed by atoms with Gasteiger partial charge in [0.15, 0.2) is 0 Å². The van der Waals surface area contributed by atoms with Gasteiger partial charge in [-0.2, -0.15) is 0 Å². The van der Waals surface area contributed by atoms with E-state index in [1.807, 2.05) is 20.8 Å². The van der Waals surface area contributed by atoms with Crippen LogP contribution < -0.4 is 0 Å². The summed E-state index contributed by atoms with van der Waals surface area (Å²) in [6, 6.07) is 0. The van der Waals surface area contributed by atoms with Gasteiger partial charge in [-0.15, -0.1) is 0 Å². The quantitative estimate of drug-likeness (QED) is 0.455. The Labute approximate surface area is 161 Å². The first kappa shape index (κ1) is 25.1. The predicted molar refractivity (Wildman–Crippen MR) is 107 cm³/mol. The summed E-state index contributed by atoms with van der Waals surface area (Å²) in [6.45, 7) is 19.6. The van der Waals surface area contributed by atoms with Crippen LogP contribution in [0.25, 0.3) is 0 Å². The number of carbonyl (C=O) groups is 2. The summed E-state index contributed by atoms with van der Waals surface area (Å²) in [6.07, 6.45) is 2.57. The monoisotopic (exact) mass is 370 g/mol. The van der Waals surface area contributed by atoms with Gasteiger partial charge in [0.1, 0.15) is 5.78 Å². The average molecular weight is 371 g/mol. The molecule has 0 amide bonds. The standard InChI is InChI=1S/C22H42O4/c1-16(13-18(3)15-26-22(7,8)9)12-17(2)14-25-20(24)11-10-19(23)21(4,5)6/h16-18H,10-15H2,1-9H3/t16-,17+,18-/m1/s1. The highest BCUT2D eigenvalue weighted by Gasteiger charge is 2.22. The van der Waals surface area contributed by atoms with Crippen molar-refractivity contribution in [2.45, 2.75) is 93.6 Å². The van der Waals surface area contributed by atoms with Gasteiger partial charge in [0, 0.05) is 18.4 Å². The predicted octanol–water partition coefficient (Wildman–Crippen LogP) is 5.43. The van der Waals surface area contributed by atoms with Gasteiger partial charge in [0.2, 0.25) is 0 Å². The summed E-state index contributed by atoms with van der Waals surface area (Å²) in [5.74, 6) is 1.23. The molecule has 0 radical (unpaired) electrons. The van der Waals surface area contributed by atoms with E-state index in [0.29, 0.717) is 24.4 Å². The van der Waals surface area contributed by atoms with E-state index < -0.39 is 5.41 Å². The zero-order chi connectivity index (χ0) is 20.5. The van der Waals surface area contributed by atoms with Crippen molar-refractivity contribution in [3.63, 3.8) is 0 Å². The maximum atomic E-state index is 11.9. The molecule has 0 heterocycles. The Balaban J connectivity index is 4.01. The molecule has 4 heteroatoms. The Morgan fingerprint density at radius 3 is 1.73 bits per heavy atom. The van der Waals surface area contributed by atoms with Gasteiger partial charge in [-0.1, -0.05) is 41.5 Å². The molecule has 0 fully saturated rings. The van der Waals surface area contributed by atoms with Gasteiger partial charge in [-0.3, -0.25) is 9.59 Å². The smallest absolute Gasteiger partial charge is 0.306 e. The van der Waals surface area contributed by atoms with Crippen LogP contribution in [0.1, 0.15) is 88.0 Å². The topological polar surface area (TPSA) is 52.6 Å². The molecule has 0 aromatic carbocycles. The second kappa shape index (κ2) is 11.1. The van der Waals surface area contributed by atoms with E-state index in [-0.39, 0.29) is 30.2 Å². The van der Waals surface area contributed by atoms with Crippen LogP contribution in [-0.4, -0.2) is 30.6 Å². The van der Waals surface area contributed by atoms with E-state index in [0.717, 1.165) is 19.4 Å². The van der Waals surface area contributed by atoms with Crippen LogP contribution in [0.2, 0.25) is 0 Å². The van der Waals surface area contributed by atoms with Crippen molar-refractivity contribution in [1.82, 2.24) is 0 Å². The third kappa shape index (κ3) is 13.3. The lowest BCUT2D eigenvalue weighted by atomic mass is 9.88. The summed E-state index contributed by atoms with van der Waals surface area (Å²) in [5.41, 5.74) is -0.482. The fraction of sp³-hybridized carbons (Fsp3) is 0.909. The van der Waals surface area contributed by atoms with E-state index in [1.54, 1.807) is 0 Å². The van der Waals surface area contributed by atoms with Crippen molar-refractivity contribution >= 4 is 11.8 Å². The summed E-state index contributed by atoms with van der Waals surface area (Å²) < 4.78 is 11.2. The Hall–Kier alpha value is -0.900. The molecule has 0 aliphatic rings. The van der Waals surface area contributed by atoms with Crippen molar-refractivity contribution in [3.05, 3.63) is 0 Å². The summed E-state index contributed by atoms with van der Waals surface area (Å²) >= 11 is 0. The molecule has 26 heavy (non-hydrogen) atoms. The maximum absolute atomic E-state index is 11.9. The van der Waals surface area contributed by atoms with E-state index in [9.17, 15) is 9.59 Å². The molecule has 4 nitrogen and oxygen atoms in total. The lowest BCUT2D eigenvalue weighted by molar-refractivity contribution is -0.146. The number of rotatable bonds is 11. The first-order chi connectivity index (χ1) is 11.7. The van der Waals surface area contributed by atoms with Crippen LogP contribution in [0.5, 0.6) is 0 Å². The molecule has 0 saturated heterocycles. The minimum absolute atomic E-state index is 0.0899. The molecular formula is C22H42O4. The molecular weight excluding hydrogens is 328 g/mol. The van der Waals surface area contributed by atoms with Crippen molar-refractivity contribution in [1.29, 1.82) is 0 Å². The molecule has 0 saturated carbocycles. The minimum atomic E-state index is -0.392. The third-order valence-corrected chi connectivity index (χ3v) is 4.33. The van der Waals surface area contributed by atoms with Gasteiger partial charge in [-0.25, -0.2) is 0 Å².